The molecular weight excluding hydrogens is 167 g/mol. The van der Waals surface area contributed by atoms with E-state index in [2.05, 4.69) is 4.98 Å². The van der Waals surface area contributed by atoms with Gasteiger partial charge in [0, 0.05) is 11.6 Å². The average Bonchev–Trinajstić information content (AvgIpc) is 1.94. The lowest BCUT2D eigenvalue weighted by atomic mass is 10.1. The van der Waals surface area contributed by atoms with Crippen LogP contribution in [0.3, 0.4) is 0 Å². The van der Waals surface area contributed by atoms with E-state index in [1.807, 2.05) is 0 Å². The quantitative estimate of drug-likeness (QED) is 0.661. The van der Waals surface area contributed by atoms with Gasteiger partial charge in [-0.15, -0.1) is 0 Å². The van der Waals surface area contributed by atoms with Gasteiger partial charge in [-0.25, -0.2) is 9.37 Å². The topological polar surface area (TPSA) is 38.9 Å². The third-order valence-electron chi connectivity index (χ3n) is 1.32. The minimum absolute atomic E-state index is 0.265. The second-order valence-electron chi connectivity index (χ2n) is 2.32. The van der Waals surface area contributed by atoms with E-state index in [-0.39, 0.29) is 11.2 Å². The van der Waals surface area contributed by atoms with E-state index < -0.39 is 5.82 Å². The molecule has 0 spiro atoms. The van der Waals surface area contributed by atoms with Crippen molar-refractivity contribution in [3.8, 4) is 0 Å². The Hall–Kier alpha value is -0.670. The first-order valence-electron chi connectivity index (χ1n) is 3.18. The van der Waals surface area contributed by atoms with E-state index in [1.165, 1.54) is 6.07 Å². The van der Waals surface area contributed by atoms with E-state index in [9.17, 15) is 4.39 Å². The molecule has 0 fully saturated rings. The van der Waals surface area contributed by atoms with Crippen molar-refractivity contribution in [2.45, 2.75) is 13.0 Å². The Kier molecular flexibility index (Phi) is 2.42. The number of aromatic nitrogens is 1. The highest BCUT2D eigenvalue weighted by atomic mass is 35.5. The molecule has 1 heterocycles. The molecule has 0 unspecified atom stereocenters. The van der Waals surface area contributed by atoms with Gasteiger partial charge < -0.3 is 5.73 Å². The van der Waals surface area contributed by atoms with Crippen LogP contribution in [0.25, 0.3) is 0 Å². The minimum atomic E-state index is -0.415. The molecule has 0 bridgehead atoms. The summed E-state index contributed by atoms with van der Waals surface area (Å²) in [4.78, 5) is 3.61. The molecule has 2 nitrogen and oxygen atoms in total. The maximum absolute atomic E-state index is 12.5. The molecule has 4 heteroatoms. The van der Waals surface area contributed by atoms with Crippen LogP contribution < -0.4 is 5.73 Å². The summed E-state index contributed by atoms with van der Waals surface area (Å²) >= 11 is 5.63. The number of nitrogens with zero attached hydrogens (tertiary/aromatic N) is 1. The first kappa shape index (κ1) is 8.43. The summed E-state index contributed by atoms with van der Waals surface area (Å²) in [6, 6.07) is 1.01. The van der Waals surface area contributed by atoms with Crippen molar-refractivity contribution in [1.29, 1.82) is 0 Å². The van der Waals surface area contributed by atoms with Crippen molar-refractivity contribution < 1.29 is 4.39 Å². The van der Waals surface area contributed by atoms with Gasteiger partial charge in [0.25, 0.3) is 0 Å². The van der Waals surface area contributed by atoms with Crippen molar-refractivity contribution in [1.82, 2.24) is 4.98 Å². The van der Waals surface area contributed by atoms with Gasteiger partial charge in [-0.1, -0.05) is 11.6 Å². The number of halogens is 2. The Morgan fingerprint density at radius 1 is 1.73 bits per heavy atom. The molecule has 0 aromatic carbocycles. The zero-order valence-corrected chi connectivity index (χ0v) is 6.77. The van der Waals surface area contributed by atoms with Crippen molar-refractivity contribution in [2.24, 2.45) is 5.73 Å². The highest BCUT2D eigenvalue weighted by molar-refractivity contribution is 6.30. The van der Waals surface area contributed by atoms with Gasteiger partial charge in [-0.3, -0.25) is 0 Å². The maximum Gasteiger partial charge on any atom is 0.141 e. The second-order valence-corrected chi connectivity index (χ2v) is 2.68. The van der Waals surface area contributed by atoms with Crippen LogP contribution in [-0.4, -0.2) is 4.98 Å². The fourth-order valence-electron chi connectivity index (χ4n) is 0.758. The smallest absolute Gasteiger partial charge is 0.141 e. The molecule has 0 aliphatic heterocycles. The summed E-state index contributed by atoms with van der Waals surface area (Å²) in [6.07, 6.45) is 1.06. The summed E-state index contributed by atoms with van der Waals surface area (Å²) in [5.41, 5.74) is 6.03. The van der Waals surface area contributed by atoms with Gasteiger partial charge in [-0.2, -0.15) is 0 Å². The Morgan fingerprint density at radius 3 is 2.82 bits per heavy atom. The normalized spacial score (nSPS) is 13.1. The van der Waals surface area contributed by atoms with Crippen LogP contribution in [0.4, 0.5) is 4.39 Å². The molecule has 2 N–H and O–H groups in total. The third kappa shape index (κ3) is 1.88. The number of rotatable bonds is 1. The lowest BCUT2D eigenvalue weighted by molar-refractivity contribution is 0.615. The predicted molar refractivity (Wildman–Crippen MR) is 41.8 cm³/mol. The van der Waals surface area contributed by atoms with Crippen LogP contribution in [0.1, 0.15) is 18.5 Å². The van der Waals surface area contributed by atoms with E-state index >= 15 is 0 Å². The van der Waals surface area contributed by atoms with E-state index in [1.54, 1.807) is 6.92 Å². The largest absolute Gasteiger partial charge is 0.324 e. The fourth-order valence-corrected chi connectivity index (χ4v) is 1.03. The zero-order valence-electron chi connectivity index (χ0n) is 6.01. The SMILES string of the molecule is C[C@@H](N)c1cc(F)cnc1Cl. The maximum atomic E-state index is 12.5. The van der Waals surface area contributed by atoms with Gasteiger partial charge >= 0.3 is 0 Å². The lowest BCUT2D eigenvalue weighted by Gasteiger charge is -2.05. The monoisotopic (exact) mass is 174 g/mol. The lowest BCUT2D eigenvalue weighted by Crippen LogP contribution is -2.06. The van der Waals surface area contributed by atoms with Crippen LogP contribution in [0.2, 0.25) is 5.15 Å². The van der Waals surface area contributed by atoms with E-state index in [0.717, 1.165) is 6.20 Å². The molecule has 0 saturated carbocycles. The van der Waals surface area contributed by atoms with Crippen molar-refractivity contribution in [3.63, 3.8) is 0 Å². The predicted octanol–water partition coefficient (Wildman–Crippen LogP) is 1.89. The van der Waals surface area contributed by atoms with Crippen molar-refractivity contribution in [2.75, 3.05) is 0 Å². The Morgan fingerprint density at radius 2 is 2.36 bits per heavy atom. The van der Waals surface area contributed by atoms with Crippen molar-refractivity contribution >= 4 is 11.6 Å². The average molecular weight is 175 g/mol. The molecule has 60 valence electrons. The molecule has 1 rings (SSSR count). The van der Waals surface area contributed by atoms with Gasteiger partial charge in [0.05, 0.1) is 6.20 Å². The van der Waals surface area contributed by atoms with E-state index in [0.29, 0.717) is 5.56 Å². The molecule has 1 atom stereocenters. The Labute approximate surface area is 69.2 Å². The Bertz CT molecular complexity index is 263. The minimum Gasteiger partial charge on any atom is -0.324 e. The zero-order chi connectivity index (χ0) is 8.43. The van der Waals surface area contributed by atoms with Gasteiger partial charge in [-0.05, 0) is 13.0 Å². The molecule has 0 aliphatic carbocycles. The van der Waals surface area contributed by atoms with Crippen LogP contribution >= 0.6 is 11.6 Å². The second kappa shape index (κ2) is 3.15. The molecule has 1 aromatic heterocycles. The van der Waals surface area contributed by atoms with Gasteiger partial charge in [0.2, 0.25) is 0 Å². The highest BCUT2D eigenvalue weighted by Gasteiger charge is 2.06. The highest BCUT2D eigenvalue weighted by Crippen LogP contribution is 2.18. The van der Waals surface area contributed by atoms with Crippen LogP contribution in [-0.2, 0) is 0 Å². The van der Waals surface area contributed by atoms with Gasteiger partial charge in [0.1, 0.15) is 11.0 Å². The first-order chi connectivity index (χ1) is 5.11. The number of hydrogen-bond donors (Lipinski definition) is 1. The summed E-state index contributed by atoms with van der Waals surface area (Å²) in [7, 11) is 0. The number of pyridine rings is 1. The van der Waals surface area contributed by atoms with Crippen molar-refractivity contribution in [3.05, 3.63) is 28.8 Å². The molecule has 0 saturated heterocycles. The van der Waals surface area contributed by atoms with Crippen LogP contribution in [0.5, 0.6) is 0 Å². The molecule has 0 radical (unpaired) electrons. The number of nitrogens with two attached hydrogens (primary N) is 1. The first-order valence-corrected chi connectivity index (χ1v) is 3.55. The Balaban J connectivity index is 3.13. The van der Waals surface area contributed by atoms with Gasteiger partial charge in [0.15, 0.2) is 0 Å². The summed E-state index contributed by atoms with van der Waals surface area (Å²) < 4.78 is 12.5. The number of hydrogen-bond acceptors (Lipinski definition) is 2. The molecule has 0 amide bonds. The molecule has 1 aromatic rings. The third-order valence-corrected chi connectivity index (χ3v) is 1.64. The molecule has 0 aliphatic rings. The summed E-state index contributed by atoms with van der Waals surface area (Å²) in [5, 5.41) is 0.265. The van der Waals surface area contributed by atoms with E-state index in [4.69, 9.17) is 17.3 Å². The van der Waals surface area contributed by atoms with Crippen LogP contribution in [0.15, 0.2) is 12.3 Å². The molecular formula is C7H8ClFN2. The fraction of sp³-hybridized carbons (Fsp3) is 0.286. The summed E-state index contributed by atoms with van der Waals surface area (Å²) in [6.45, 7) is 1.72. The van der Waals surface area contributed by atoms with Crippen LogP contribution in [0, 0.1) is 5.82 Å². The summed E-state index contributed by atoms with van der Waals surface area (Å²) in [5.74, 6) is -0.415. The standard InChI is InChI=1S/C7H8ClFN2/c1-4(10)6-2-5(9)3-11-7(6)8/h2-4H,10H2,1H3/t4-/m1/s1. The molecule has 11 heavy (non-hydrogen) atoms.